The highest BCUT2D eigenvalue weighted by Crippen LogP contribution is 2.58. The third-order valence-corrected chi connectivity index (χ3v) is 11.5. The van der Waals surface area contributed by atoms with E-state index in [0.29, 0.717) is 42.9 Å². The van der Waals surface area contributed by atoms with Crippen LogP contribution in [0.1, 0.15) is 80.3 Å². The van der Waals surface area contributed by atoms with Gasteiger partial charge in [0.15, 0.2) is 0 Å². The van der Waals surface area contributed by atoms with Crippen molar-refractivity contribution in [2.24, 2.45) is 17.3 Å². The number of anilines is 2. The van der Waals surface area contributed by atoms with E-state index in [0.717, 1.165) is 24.1 Å². The number of fused-ring (bicyclic) bond motifs is 2. The summed E-state index contributed by atoms with van der Waals surface area (Å²) in [6, 6.07) is 13.6. The van der Waals surface area contributed by atoms with Crippen LogP contribution in [0.4, 0.5) is 15.8 Å². The van der Waals surface area contributed by atoms with Crippen LogP contribution in [0.25, 0.3) is 0 Å². The first-order valence-electron chi connectivity index (χ1n) is 17.3. The predicted octanol–water partition coefficient (Wildman–Crippen LogP) is 7.99. The van der Waals surface area contributed by atoms with Gasteiger partial charge in [0.1, 0.15) is 11.6 Å². The van der Waals surface area contributed by atoms with E-state index in [2.05, 4.69) is 36.3 Å². The molecule has 2 fully saturated rings. The minimum absolute atomic E-state index is 0.00433. The second-order valence-corrected chi connectivity index (χ2v) is 16.3. The smallest absolute Gasteiger partial charge is 0.335 e. The number of aromatic carboxylic acids is 1. The SMILES string of the molecule is COc1cc(C(=O)O)ccc1NC(=O)[C@@H]1NC(CC(C)(C)C)[C@@]2(CN(C[C@H]3CC[C@H](C(=O)O)CC3)c3cc(Cl)ccc32)[C@H]1c1cccc(Cl)c1F. The zero-order valence-corrected chi connectivity index (χ0v) is 30.7. The summed E-state index contributed by atoms with van der Waals surface area (Å²) in [6.45, 7) is 7.53. The van der Waals surface area contributed by atoms with Crippen LogP contribution >= 0.6 is 23.2 Å². The number of carbonyl (C=O) groups is 3. The Morgan fingerprint density at radius 3 is 2.41 bits per heavy atom. The number of hydrogen-bond acceptors (Lipinski definition) is 6. The topological polar surface area (TPSA) is 128 Å². The van der Waals surface area contributed by atoms with Crippen molar-refractivity contribution in [1.82, 2.24) is 5.32 Å². The summed E-state index contributed by atoms with van der Waals surface area (Å²) in [4.78, 5) is 40.2. The van der Waals surface area contributed by atoms with E-state index < -0.39 is 41.0 Å². The highest BCUT2D eigenvalue weighted by molar-refractivity contribution is 6.31. The largest absolute Gasteiger partial charge is 0.495 e. The monoisotopic (exact) mass is 739 g/mol. The molecule has 2 aliphatic heterocycles. The number of benzene rings is 3. The van der Waals surface area contributed by atoms with Crippen molar-refractivity contribution < 1.29 is 33.7 Å². The van der Waals surface area contributed by atoms with E-state index >= 15 is 4.39 Å². The third kappa shape index (κ3) is 7.15. The average molecular weight is 741 g/mol. The van der Waals surface area contributed by atoms with E-state index in [1.54, 1.807) is 12.1 Å². The van der Waals surface area contributed by atoms with Gasteiger partial charge in [-0.2, -0.15) is 0 Å². The molecule has 4 N–H and O–H groups in total. The molecule has 0 radical (unpaired) electrons. The van der Waals surface area contributed by atoms with Crippen molar-refractivity contribution in [2.75, 3.05) is 30.4 Å². The van der Waals surface area contributed by atoms with E-state index in [-0.39, 0.29) is 45.3 Å². The molecule has 3 aromatic rings. The molecule has 272 valence electrons. The Balaban J connectivity index is 1.47. The molecule has 1 saturated carbocycles. The van der Waals surface area contributed by atoms with Crippen LogP contribution in [0.2, 0.25) is 10.0 Å². The zero-order chi connectivity index (χ0) is 36.8. The van der Waals surface area contributed by atoms with Gasteiger partial charge in [-0.3, -0.25) is 9.59 Å². The number of nitrogens with zero attached hydrogens (tertiary/aromatic N) is 1. The van der Waals surface area contributed by atoms with Gasteiger partial charge in [0, 0.05) is 41.2 Å². The molecule has 1 unspecified atom stereocenters. The molecular formula is C39H44Cl2FN3O6. The molecule has 1 amide bonds. The second kappa shape index (κ2) is 14.3. The summed E-state index contributed by atoms with van der Waals surface area (Å²) in [5, 5.41) is 26.3. The van der Waals surface area contributed by atoms with Crippen molar-refractivity contribution >= 4 is 52.4 Å². The Labute approximate surface area is 307 Å². The summed E-state index contributed by atoms with van der Waals surface area (Å²) < 4.78 is 21.9. The highest BCUT2D eigenvalue weighted by Gasteiger charge is 2.63. The van der Waals surface area contributed by atoms with Crippen LogP contribution in [-0.4, -0.2) is 60.3 Å². The molecule has 1 saturated heterocycles. The first kappa shape index (κ1) is 36.9. The van der Waals surface area contributed by atoms with Crippen LogP contribution in [0.5, 0.6) is 5.75 Å². The molecule has 6 rings (SSSR count). The Kier molecular flexibility index (Phi) is 10.3. The Hall–Kier alpha value is -3.86. The molecule has 0 bridgehead atoms. The van der Waals surface area contributed by atoms with Crippen molar-refractivity contribution in [3.63, 3.8) is 0 Å². The van der Waals surface area contributed by atoms with Gasteiger partial charge >= 0.3 is 11.9 Å². The highest BCUT2D eigenvalue weighted by atomic mass is 35.5. The molecule has 0 aromatic heterocycles. The van der Waals surface area contributed by atoms with Gasteiger partial charge in [0.25, 0.3) is 0 Å². The molecule has 2 heterocycles. The lowest BCUT2D eigenvalue weighted by atomic mass is 9.63. The number of ether oxygens (including phenoxy) is 1. The van der Waals surface area contributed by atoms with Crippen molar-refractivity contribution in [1.29, 1.82) is 0 Å². The van der Waals surface area contributed by atoms with Gasteiger partial charge in [-0.1, -0.05) is 62.2 Å². The number of carboxylic acids is 2. The molecule has 9 nitrogen and oxygen atoms in total. The Bertz CT molecular complexity index is 1840. The third-order valence-electron chi connectivity index (χ3n) is 10.9. The van der Waals surface area contributed by atoms with E-state index in [4.69, 9.17) is 27.9 Å². The lowest BCUT2D eigenvalue weighted by molar-refractivity contribution is -0.143. The van der Waals surface area contributed by atoms with Crippen LogP contribution in [0, 0.1) is 23.1 Å². The standard InChI is InChI=1S/C39H44Cl2FN3O6/c1-38(2,3)18-31-39(20-45(29-17-24(40)13-14-26(29)39)19-21-8-10-22(11-9-21)36(47)48)32(25-6-5-7-27(41)33(25)42)34(44-31)35(46)43-28-15-12-23(37(49)50)16-30(28)51-4/h5-7,12-17,21-22,31-32,34,44H,8-11,18-20H2,1-4H3,(H,43,46)(H,47,48)(H,49,50)/t21-,22-,31?,32-,34+,39-/m0/s1. The number of nitrogens with one attached hydrogen (secondary N) is 2. The number of rotatable bonds is 9. The summed E-state index contributed by atoms with van der Waals surface area (Å²) in [5.41, 5.74) is 1.45. The minimum Gasteiger partial charge on any atom is -0.495 e. The molecule has 1 aliphatic carbocycles. The van der Waals surface area contributed by atoms with E-state index in [1.165, 1.54) is 31.4 Å². The first-order chi connectivity index (χ1) is 24.1. The predicted molar refractivity (Wildman–Crippen MR) is 196 cm³/mol. The molecule has 51 heavy (non-hydrogen) atoms. The second-order valence-electron chi connectivity index (χ2n) is 15.4. The minimum atomic E-state index is -1.13. The van der Waals surface area contributed by atoms with E-state index in [9.17, 15) is 24.6 Å². The zero-order valence-electron chi connectivity index (χ0n) is 29.1. The average Bonchev–Trinajstić information content (AvgIpc) is 3.55. The molecule has 1 spiro atoms. The van der Waals surface area contributed by atoms with Gasteiger partial charge in [-0.15, -0.1) is 0 Å². The lowest BCUT2D eigenvalue weighted by Gasteiger charge is -2.40. The normalized spacial score (nSPS) is 25.9. The molecule has 3 aromatic carbocycles. The molecule has 12 heteroatoms. The Morgan fingerprint density at radius 1 is 1.04 bits per heavy atom. The van der Waals surface area contributed by atoms with Crippen LogP contribution < -0.4 is 20.3 Å². The van der Waals surface area contributed by atoms with Gasteiger partial charge in [-0.05, 0) is 91.0 Å². The van der Waals surface area contributed by atoms with Crippen molar-refractivity contribution in [3.8, 4) is 5.75 Å². The fraction of sp³-hybridized carbons (Fsp3) is 0.462. The van der Waals surface area contributed by atoms with E-state index in [1.807, 2.05) is 18.2 Å². The first-order valence-corrected chi connectivity index (χ1v) is 18.1. The number of amides is 1. The van der Waals surface area contributed by atoms with Gasteiger partial charge in [-0.25, -0.2) is 9.18 Å². The van der Waals surface area contributed by atoms with Crippen LogP contribution in [-0.2, 0) is 15.0 Å². The molecular weight excluding hydrogens is 696 g/mol. The molecule has 4 atom stereocenters. The summed E-state index contributed by atoms with van der Waals surface area (Å²) >= 11 is 13.1. The van der Waals surface area contributed by atoms with Gasteiger partial charge in [0.2, 0.25) is 5.91 Å². The fourth-order valence-corrected chi connectivity index (χ4v) is 9.04. The number of aliphatic carboxylic acids is 1. The summed E-state index contributed by atoms with van der Waals surface area (Å²) in [7, 11) is 1.40. The van der Waals surface area contributed by atoms with Gasteiger partial charge < -0.3 is 30.5 Å². The quantitative estimate of drug-likeness (QED) is 0.174. The maximum atomic E-state index is 16.4. The number of halogens is 3. The number of methoxy groups -OCH3 is 1. The van der Waals surface area contributed by atoms with Crippen LogP contribution in [0.3, 0.4) is 0 Å². The van der Waals surface area contributed by atoms with Gasteiger partial charge in [0.05, 0.1) is 35.3 Å². The maximum Gasteiger partial charge on any atom is 0.335 e. The fourth-order valence-electron chi connectivity index (χ4n) is 8.69. The van der Waals surface area contributed by atoms with Crippen LogP contribution in [0.15, 0.2) is 54.6 Å². The lowest BCUT2D eigenvalue weighted by Crippen LogP contribution is -2.48. The Morgan fingerprint density at radius 2 is 1.76 bits per heavy atom. The number of hydrogen-bond donors (Lipinski definition) is 4. The van der Waals surface area contributed by atoms with Crippen molar-refractivity contribution in [2.45, 2.75) is 76.3 Å². The molecule has 3 aliphatic rings. The summed E-state index contributed by atoms with van der Waals surface area (Å²) in [5.74, 6) is -3.55. The van der Waals surface area contributed by atoms with Crippen molar-refractivity contribution in [3.05, 3.63) is 87.2 Å². The number of carbonyl (C=O) groups excluding carboxylic acids is 1. The maximum absolute atomic E-state index is 16.4. The summed E-state index contributed by atoms with van der Waals surface area (Å²) in [6.07, 6.45) is 3.43. The number of carboxylic acid groups (broad SMARTS) is 2.